The first kappa shape index (κ1) is 11.9. The maximum absolute atomic E-state index is 10.6. The van der Waals surface area contributed by atoms with Crippen LogP contribution in [0.3, 0.4) is 0 Å². The van der Waals surface area contributed by atoms with Gasteiger partial charge in [0, 0.05) is 0 Å². The number of rotatable bonds is 6. The monoisotopic (exact) mass is 173 g/mol. The third kappa shape index (κ3) is 4.73. The van der Waals surface area contributed by atoms with Gasteiger partial charge in [0.05, 0.1) is 6.61 Å². The second-order valence-corrected chi connectivity index (χ2v) is 3.45. The molecular weight excluding hydrogens is 152 g/mol. The fraction of sp³-hybridized carbons (Fsp3) is 1.00. The van der Waals surface area contributed by atoms with Crippen LogP contribution in [0.5, 0.6) is 0 Å². The van der Waals surface area contributed by atoms with Crippen molar-refractivity contribution in [3.05, 3.63) is 0 Å². The molecule has 0 bridgehead atoms. The van der Waals surface area contributed by atoms with Crippen molar-refractivity contribution in [2.24, 2.45) is 11.8 Å². The van der Waals surface area contributed by atoms with Crippen molar-refractivity contribution in [2.75, 3.05) is 6.61 Å². The standard InChI is InChI=1S/C10H21O2/c1-5-8(3)10(6-2)7-12-9(4)11/h8-10H,5-7H2,1-4H3. The third-order valence-electron chi connectivity index (χ3n) is 2.52. The van der Waals surface area contributed by atoms with E-state index in [4.69, 9.17) is 4.74 Å². The van der Waals surface area contributed by atoms with Gasteiger partial charge in [0.15, 0.2) is 6.29 Å². The Morgan fingerprint density at radius 1 is 1.17 bits per heavy atom. The van der Waals surface area contributed by atoms with E-state index >= 15 is 0 Å². The molecule has 3 unspecified atom stereocenters. The Bertz CT molecular complexity index is 102. The second-order valence-electron chi connectivity index (χ2n) is 3.45. The zero-order chi connectivity index (χ0) is 9.56. The van der Waals surface area contributed by atoms with Crippen LogP contribution in [0.25, 0.3) is 0 Å². The van der Waals surface area contributed by atoms with Crippen molar-refractivity contribution in [3.63, 3.8) is 0 Å². The van der Waals surface area contributed by atoms with E-state index in [1.54, 1.807) is 6.92 Å². The maximum Gasteiger partial charge on any atom is 0.188 e. The number of hydrogen-bond donors (Lipinski definition) is 0. The van der Waals surface area contributed by atoms with Crippen LogP contribution < -0.4 is 0 Å². The van der Waals surface area contributed by atoms with Crippen molar-refractivity contribution in [1.29, 1.82) is 0 Å². The lowest BCUT2D eigenvalue weighted by Gasteiger charge is -2.21. The minimum absolute atomic E-state index is 0.548. The highest BCUT2D eigenvalue weighted by Gasteiger charge is 2.14. The summed E-state index contributed by atoms with van der Waals surface area (Å²) in [5, 5.41) is 10.6. The minimum Gasteiger partial charge on any atom is -0.350 e. The van der Waals surface area contributed by atoms with Crippen molar-refractivity contribution in [1.82, 2.24) is 0 Å². The number of ether oxygens (including phenoxy) is 1. The van der Waals surface area contributed by atoms with E-state index in [1.165, 1.54) is 0 Å². The third-order valence-corrected chi connectivity index (χ3v) is 2.52. The minimum atomic E-state index is -0.872. The summed E-state index contributed by atoms with van der Waals surface area (Å²) in [4.78, 5) is 0. The fourth-order valence-electron chi connectivity index (χ4n) is 1.28. The average molecular weight is 173 g/mol. The summed E-state index contributed by atoms with van der Waals surface area (Å²) in [6, 6.07) is 0. The molecule has 0 amide bonds. The highest BCUT2D eigenvalue weighted by molar-refractivity contribution is 4.62. The molecular formula is C10H21O2. The summed E-state index contributed by atoms with van der Waals surface area (Å²) in [7, 11) is 0. The van der Waals surface area contributed by atoms with Crippen molar-refractivity contribution in [2.45, 2.75) is 46.8 Å². The van der Waals surface area contributed by atoms with Crippen LogP contribution in [-0.2, 0) is 9.84 Å². The van der Waals surface area contributed by atoms with Crippen molar-refractivity contribution < 1.29 is 9.84 Å². The van der Waals surface area contributed by atoms with Gasteiger partial charge in [0.25, 0.3) is 0 Å². The van der Waals surface area contributed by atoms with Gasteiger partial charge >= 0.3 is 0 Å². The van der Waals surface area contributed by atoms with Crippen LogP contribution in [0.1, 0.15) is 40.5 Å². The fourth-order valence-corrected chi connectivity index (χ4v) is 1.28. The van der Waals surface area contributed by atoms with Crippen molar-refractivity contribution in [3.8, 4) is 0 Å². The molecule has 0 aromatic carbocycles. The molecule has 2 nitrogen and oxygen atoms in total. The van der Waals surface area contributed by atoms with E-state index < -0.39 is 6.29 Å². The zero-order valence-corrected chi connectivity index (χ0v) is 8.67. The van der Waals surface area contributed by atoms with Gasteiger partial charge in [-0.05, 0) is 18.8 Å². The molecule has 0 saturated heterocycles. The largest absolute Gasteiger partial charge is 0.350 e. The first-order chi connectivity index (χ1) is 5.61. The van der Waals surface area contributed by atoms with Gasteiger partial charge in [0.2, 0.25) is 0 Å². The summed E-state index contributed by atoms with van der Waals surface area (Å²) in [5.41, 5.74) is 0. The lowest BCUT2D eigenvalue weighted by molar-refractivity contribution is -0.138. The summed E-state index contributed by atoms with van der Waals surface area (Å²) in [5.74, 6) is 1.21. The summed E-state index contributed by atoms with van der Waals surface area (Å²) in [6.45, 7) is 8.70. The summed E-state index contributed by atoms with van der Waals surface area (Å²) in [6.07, 6.45) is 1.39. The SMILES string of the molecule is CCC(C)C(CC)COC(C)[O]. The molecule has 0 heterocycles. The van der Waals surface area contributed by atoms with E-state index in [-0.39, 0.29) is 0 Å². The Balaban J connectivity index is 3.67. The molecule has 0 N–H and O–H groups in total. The highest BCUT2D eigenvalue weighted by Crippen LogP contribution is 2.19. The maximum atomic E-state index is 10.6. The summed E-state index contributed by atoms with van der Waals surface area (Å²) < 4.78 is 5.06. The van der Waals surface area contributed by atoms with E-state index in [1.807, 2.05) is 0 Å². The van der Waals surface area contributed by atoms with Gasteiger partial charge < -0.3 is 4.74 Å². The normalized spacial score (nSPS) is 18.8. The van der Waals surface area contributed by atoms with Crippen LogP contribution in [0, 0.1) is 11.8 Å². The molecule has 0 rings (SSSR count). The van der Waals surface area contributed by atoms with Gasteiger partial charge in [-0.1, -0.05) is 33.6 Å². The van der Waals surface area contributed by atoms with Gasteiger partial charge in [0.1, 0.15) is 0 Å². The van der Waals surface area contributed by atoms with Gasteiger partial charge in [-0.15, -0.1) is 0 Å². The Morgan fingerprint density at radius 3 is 2.08 bits per heavy atom. The number of hydrogen-bond acceptors (Lipinski definition) is 1. The molecule has 0 fully saturated rings. The molecule has 0 aliphatic rings. The molecule has 0 aromatic rings. The van der Waals surface area contributed by atoms with Crippen LogP contribution in [0.2, 0.25) is 0 Å². The van der Waals surface area contributed by atoms with Crippen LogP contribution >= 0.6 is 0 Å². The van der Waals surface area contributed by atoms with Crippen molar-refractivity contribution >= 4 is 0 Å². The van der Waals surface area contributed by atoms with Gasteiger partial charge in [-0.2, -0.15) is 0 Å². The zero-order valence-electron chi connectivity index (χ0n) is 8.67. The molecule has 0 aromatic heterocycles. The lowest BCUT2D eigenvalue weighted by Crippen LogP contribution is -2.19. The van der Waals surface area contributed by atoms with E-state index in [0.29, 0.717) is 18.4 Å². The molecule has 1 radical (unpaired) electrons. The smallest absolute Gasteiger partial charge is 0.188 e. The predicted octanol–water partition coefficient (Wildman–Crippen LogP) is 2.85. The molecule has 12 heavy (non-hydrogen) atoms. The van der Waals surface area contributed by atoms with Gasteiger partial charge in [-0.3, -0.25) is 0 Å². The lowest BCUT2D eigenvalue weighted by atomic mass is 9.90. The first-order valence-corrected chi connectivity index (χ1v) is 4.89. The quantitative estimate of drug-likeness (QED) is 0.568. The average Bonchev–Trinajstić information content (AvgIpc) is 2.04. The van der Waals surface area contributed by atoms with Crippen LogP contribution in [0.15, 0.2) is 0 Å². The van der Waals surface area contributed by atoms with Crippen LogP contribution in [0.4, 0.5) is 0 Å². The van der Waals surface area contributed by atoms with E-state index in [9.17, 15) is 5.11 Å². The molecule has 0 spiro atoms. The molecule has 73 valence electrons. The van der Waals surface area contributed by atoms with Gasteiger partial charge in [-0.25, -0.2) is 5.11 Å². The Hall–Kier alpha value is -0.0800. The molecule has 0 saturated carbocycles. The molecule has 0 aliphatic carbocycles. The predicted molar refractivity (Wildman–Crippen MR) is 49.3 cm³/mol. The Morgan fingerprint density at radius 2 is 1.75 bits per heavy atom. The Kier molecular flexibility index (Phi) is 6.39. The molecule has 0 aliphatic heterocycles. The summed E-state index contributed by atoms with van der Waals surface area (Å²) >= 11 is 0. The Labute approximate surface area is 75.9 Å². The van der Waals surface area contributed by atoms with E-state index in [2.05, 4.69) is 20.8 Å². The highest BCUT2D eigenvalue weighted by atomic mass is 16.6. The topological polar surface area (TPSA) is 29.1 Å². The second kappa shape index (κ2) is 6.44. The first-order valence-electron chi connectivity index (χ1n) is 4.89. The molecule has 2 heteroatoms. The molecule has 3 atom stereocenters. The van der Waals surface area contributed by atoms with E-state index in [0.717, 1.165) is 12.8 Å². The van der Waals surface area contributed by atoms with Crippen LogP contribution in [-0.4, -0.2) is 12.9 Å².